The van der Waals surface area contributed by atoms with Crippen LogP contribution < -0.4 is 0 Å². The molecule has 19 heavy (non-hydrogen) atoms. The Morgan fingerprint density at radius 1 is 1.37 bits per heavy atom. The van der Waals surface area contributed by atoms with Crippen LogP contribution in [0, 0.1) is 5.92 Å². The van der Waals surface area contributed by atoms with E-state index >= 15 is 0 Å². The molecule has 1 aromatic rings. The van der Waals surface area contributed by atoms with Crippen LogP contribution in [0.2, 0.25) is 0 Å². The summed E-state index contributed by atoms with van der Waals surface area (Å²) in [6.45, 7) is 3.15. The Kier molecular flexibility index (Phi) is 3.81. The van der Waals surface area contributed by atoms with Crippen LogP contribution in [-0.2, 0) is 17.3 Å². The zero-order valence-electron chi connectivity index (χ0n) is 11.8. The molecule has 1 aromatic heterocycles. The molecular weight excluding hydrogens is 258 g/mol. The summed E-state index contributed by atoms with van der Waals surface area (Å²) in [4.78, 5) is 2.36. The maximum Gasteiger partial charge on any atom is 0.118 e. The third-order valence-electron chi connectivity index (χ3n) is 4.54. The van der Waals surface area contributed by atoms with E-state index in [0.717, 1.165) is 42.6 Å². The lowest BCUT2D eigenvalue weighted by Crippen LogP contribution is -2.36. The molecule has 3 rings (SSSR count). The van der Waals surface area contributed by atoms with Crippen LogP contribution in [-0.4, -0.2) is 33.7 Å². The zero-order valence-corrected chi connectivity index (χ0v) is 12.6. The van der Waals surface area contributed by atoms with Gasteiger partial charge in [-0.3, -0.25) is 9.11 Å². The van der Waals surface area contributed by atoms with Gasteiger partial charge < -0.3 is 4.42 Å². The maximum absolute atomic E-state index is 11.4. The molecule has 2 aliphatic rings. The van der Waals surface area contributed by atoms with Gasteiger partial charge in [0.15, 0.2) is 0 Å². The average Bonchev–Trinajstić information content (AvgIpc) is 2.94. The zero-order chi connectivity index (χ0) is 13.4. The number of hydrogen-bond donors (Lipinski definition) is 0. The van der Waals surface area contributed by atoms with Crippen molar-refractivity contribution in [1.29, 1.82) is 0 Å². The van der Waals surface area contributed by atoms with E-state index in [-0.39, 0.29) is 0 Å². The molecule has 106 valence electrons. The smallest absolute Gasteiger partial charge is 0.118 e. The van der Waals surface area contributed by atoms with E-state index in [1.165, 1.54) is 12.2 Å². The second kappa shape index (κ2) is 5.41. The van der Waals surface area contributed by atoms with Crippen LogP contribution in [0.3, 0.4) is 0 Å². The molecule has 0 radical (unpaired) electrons. The van der Waals surface area contributed by atoms with Crippen LogP contribution in [0.5, 0.6) is 0 Å². The second-order valence-electron chi connectivity index (χ2n) is 6.12. The standard InChI is InChI=1S/C15H23NO2S/c1-11-9-14(11)15-4-3-13(18-15)10-16(2)12-5-7-19(17)8-6-12/h3-4,11-12,14H,5-10H2,1-2H3/t11-,12?,14-,19?/m0/s1. The fourth-order valence-corrected chi connectivity index (χ4v) is 4.27. The number of furan rings is 1. The van der Waals surface area contributed by atoms with Gasteiger partial charge in [0.05, 0.1) is 6.54 Å². The summed E-state index contributed by atoms with van der Waals surface area (Å²) in [5.74, 6) is 5.42. The Balaban J connectivity index is 1.55. The Bertz CT molecular complexity index is 460. The molecule has 0 spiro atoms. The SMILES string of the molecule is C[C@H]1C[C@@H]1c1ccc(CN(C)C2CCS(=O)CC2)o1. The lowest BCUT2D eigenvalue weighted by atomic mass is 10.1. The van der Waals surface area contributed by atoms with Gasteiger partial charge in [-0.15, -0.1) is 0 Å². The highest BCUT2D eigenvalue weighted by molar-refractivity contribution is 7.85. The predicted octanol–water partition coefficient (Wildman–Crippen LogP) is 2.75. The molecule has 0 amide bonds. The molecular formula is C15H23NO2S. The van der Waals surface area contributed by atoms with E-state index < -0.39 is 10.8 Å². The summed E-state index contributed by atoms with van der Waals surface area (Å²) in [6.07, 6.45) is 3.38. The summed E-state index contributed by atoms with van der Waals surface area (Å²) in [6, 6.07) is 4.83. The molecule has 2 fully saturated rings. The van der Waals surface area contributed by atoms with Gasteiger partial charge >= 0.3 is 0 Å². The Labute approximate surface area is 117 Å². The van der Waals surface area contributed by atoms with Crippen molar-refractivity contribution in [2.75, 3.05) is 18.6 Å². The van der Waals surface area contributed by atoms with Gasteiger partial charge in [-0.2, -0.15) is 0 Å². The van der Waals surface area contributed by atoms with Crippen molar-refractivity contribution in [3.8, 4) is 0 Å². The molecule has 2 heterocycles. The van der Waals surface area contributed by atoms with Gasteiger partial charge in [-0.05, 0) is 44.4 Å². The first kappa shape index (κ1) is 13.4. The minimum Gasteiger partial charge on any atom is -0.464 e. The van der Waals surface area contributed by atoms with Crippen molar-refractivity contribution in [3.05, 3.63) is 23.7 Å². The number of rotatable bonds is 4. The lowest BCUT2D eigenvalue weighted by Gasteiger charge is -2.30. The first-order valence-corrected chi connectivity index (χ1v) is 8.76. The van der Waals surface area contributed by atoms with E-state index in [0.29, 0.717) is 12.0 Å². The second-order valence-corrected chi connectivity index (χ2v) is 7.81. The van der Waals surface area contributed by atoms with Crippen molar-refractivity contribution in [3.63, 3.8) is 0 Å². The van der Waals surface area contributed by atoms with E-state index in [4.69, 9.17) is 4.42 Å². The molecule has 1 saturated heterocycles. The van der Waals surface area contributed by atoms with Crippen LogP contribution in [0.15, 0.2) is 16.5 Å². The highest BCUT2D eigenvalue weighted by Gasteiger charge is 2.36. The minimum absolute atomic E-state index is 0.561. The number of hydrogen-bond acceptors (Lipinski definition) is 3. The van der Waals surface area contributed by atoms with Crippen LogP contribution in [0.25, 0.3) is 0 Å². The topological polar surface area (TPSA) is 33.5 Å². The fourth-order valence-electron chi connectivity index (χ4n) is 2.99. The third kappa shape index (κ3) is 3.11. The van der Waals surface area contributed by atoms with Gasteiger partial charge in [-0.1, -0.05) is 6.92 Å². The molecule has 1 aliphatic carbocycles. The van der Waals surface area contributed by atoms with Crippen molar-refractivity contribution in [1.82, 2.24) is 4.90 Å². The van der Waals surface area contributed by atoms with E-state index in [9.17, 15) is 4.21 Å². The van der Waals surface area contributed by atoms with Gasteiger partial charge in [0.1, 0.15) is 11.5 Å². The molecule has 2 atom stereocenters. The van der Waals surface area contributed by atoms with Crippen LogP contribution >= 0.6 is 0 Å². The normalized spacial score (nSPS) is 34.7. The quantitative estimate of drug-likeness (QED) is 0.851. The van der Waals surface area contributed by atoms with Gasteiger partial charge in [0.2, 0.25) is 0 Å². The first-order chi connectivity index (χ1) is 9.13. The molecule has 0 aromatic carbocycles. The summed E-state index contributed by atoms with van der Waals surface area (Å²) in [5.41, 5.74) is 0. The monoisotopic (exact) mass is 281 g/mol. The van der Waals surface area contributed by atoms with Gasteiger partial charge in [0, 0.05) is 34.3 Å². The summed E-state index contributed by atoms with van der Waals surface area (Å²) in [5, 5.41) is 0. The lowest BCUT2D eigenvalue weighted by molar-refractivity contribution is 0.202. The highest BCUT2D eigenvalue weighted by Crippen LogP contribution is 2.47. The molecule has 0 bridgehead atoms. The summed E-state index contributed by atoms with van der Waals surface area (Å²) < 4.78 is 17.3. The molecule has 0 unspecified atom stereocenters. The van der Waals surface area contributed by atoms with Crippen LogP contribution in [0.1, 0.15) is 43.6 Å². The first-order valence-electron chi connectivity index (χ1n) is 7.27. The molecule has 0 N–H and O–H groups in total. The van der Waals surface area contributed by atoms with E-state index in [2.05, 4.69) is 31.0 Å². The molecule has 1 aliphatic heterocycles. The van der Waals surface area contributed by atoms with Crippen molar-refractivity contribution >= 4 is 10.8 Å². The maximum atomic E-state index is 11.4. The van der Waals surface area contributed by atoms with E-state index in [1.807, 2.05) is 0 Å². The van der Waals surface area contributed by atoms with Gasteiger partial charge in [0.25, 0.3) is 0 Å². The van der Waals surface area contributed by atoms with Crippen LogP contribution in [0.4, 0.5) is 0 Å². The highest BCUT2D eigenvalue weighted by atomic mass is 32.2. The van der Waals surface area contributed by atoms with Crippen molar-refractivity contribution < 1.29 is 8.63 Å². The molecule has 4 heteroatoms. The van der Waals surface area contributed by atoms with Crippen molar-refractivity contribution in [2.45, 2.75) is 44.7 Å². The Morgan fingerprint density at radius 3 is 2.68 bits per heavy atom. The molecule has 1 saturated carbocycles. The number of nitrogens with zero attached hydrogens (tertiary/aromatic N) is 1. The van der Waals surface area contributed by atoms with Crippen molar-refractivity contribution in [2.24, 2.45) is 5.92 Å². The average molecular weight is 281 g/mol. The minimum atomic E-state index is -0.572. The fraction of sp³-hybridized carbons (Fsp3) is 0.733. The van der Waals surface area contributed by atoms with E-state index in [1.54, 1.807) is 0 Å². The Morgan fingerprint density at radius 2 is 2.05 bits per heavy atom. The summed E-state index contributed by atoms with van der Waals surface area (Å²) >= 11 is 0. The molecule has 3 nitrogen and oxygen atoms in total. The third-order valence-corrected chi connectivity index (χ3v) is 5.93. The summed E-state index contributed by atoms with van der Waals surface area (Å²) in [7, 11) is 1.58. The Hall–Kier alpha value is -0.610. The largest absolute Gasteiger partial charge is 0.464 e. The predicted molar refractivity (Wildman–Crippen MR) is 77.6 cm³/mol. The van der Waals surface area contributed by atoms with Gasteiger partial charge in [-0.25, -0.2) is 0 Å².